The Balaban J connectivity index is 1.53. The molecule has 8 heteroatoms. The molecule has 1 aliphatic rings. The molecule has 0 N–H and O–H groups in total. The van der Waals surface area contributed by atoms with Gasteiger partial charge in [-0.15, -0.1) is 0 Å². The maximum Gasteiger partial charge on any atom is 0.266 e. The van der Waals surface area contributed by atoms with E-state index in [0.717, 1.165) is 44.5 Å². The van der Waals surface area contributed by atoms with Crippen molar-refractivity contribution in [2.24, 2.45) is 0 Å². The third-order valence-corrected chi connectivity index (χ3v) is 4.14. The van der Waals surface area contributed by atoms with Crippen molar-refractivity contribution in [3.63, 3.8) is 0 Å². The Hall–Kier alpha value is -2.48. The Bertz CT molecular complexity index is 722. The molecule has 3 rings (SSSR count). The first-order chi connectivity index (χ1) is 11.6. The van der Waals surface area contributed by atoms with Crippen LogP contribution in [0.2, 0.25) is 0 Å². The Morgan fingerprint density at radius 3 is 2.58 bits per heavy atom. The van der Waals surface area contributed by atoms with Crippen LogP contribution in [-0.2, 0) is 6.54 Å². The third kappa shape index (κ3) is 3.88. The van der Waals surface area contributed by atoms with E-state index in [1.807, 2.05) is 25.1 Å². The zero-order valence-electron chi connectivity index (χ0n) is 14.2. The second-order valence-electron chi connectivity index (χ2n) is 6.02. The molecule has 0 aromatic carbocycles. The normalized spacial score (nSPS) is 15.5. The van der Waals surface area contributed by atoms with Gasteiger partial charge in [-0.1, -0.05) is 0 Å². The van der Waals surface area contributed by atoms with Crippen molar-refractivity contribution in [2.75, 3.05) is 56.6 Å². The van der Waals surface area contributed by atoms with E-state index in [2.05, 4.69) is 24.9 Å². The summed E-state index contributed by atoms with van der Waals surface area (Å²) in [7, 11) is 3.88. The predicted molar refractivity (Wildman–Crippen MR) is 93.5 cm³/mol. The average Bonchev–Trinajstić information content (AvgIpc) is 2.61. The van der Waals surface area contributed by atoms with Crippen LogP contribution in [0.1, 0.15) is 0 Å². The summed E-state index contributed by atoms with van der Waals surface area (Å²) in [6.07, 6.45) is 3.45. The number of piperazine rings is 1. The highest BCUT2D eigenvalue weighted by Crippen LogP contribution is 2.15. The van der Waals surface area contributed by atoms with Crippen LogP contribution in [0.4, 0.5) is 11.8 Å². The van der Waals surface area contributed by atoms with Gasteiger partial charge in [-0.25, -0.2) is 9.67 Å². The minimum atomic E-state index is -0.0478. The predicted octanol–water partition coefficient (Wildman–Crippen LogP) is -0.0785. The van der Waals surface area contributed by atoms with Crippen molar-refractivity contribution >= 4 is 11.8 Å². The number of nitrogens with zero attached hydrogens (tertiary/aromatic N) is 7. The highest BCUT2D eigenvalue weighted by molar-refractivity contribution is 5.43. The number of anilines is 2. The van der Waals surface area contributed by atoms with Gasteiger partial charge in [0.05, 0.1) is 6.54 Å². The van der Waals surface area contributed by atoms with Gasteiger partial charge < -0.3 is 9.80 Å². The first kappa shape index (κ1) is 16.4. The van der Waals surface area contributed by atoms with Gasteiger partial charge in [0, 0.05) is 65.3 Å². The monoisotopic (exact) mass is 329 g/mol. The second kappa shape index (κ2) is 7.39. The third-order valence-electron chi connectivity index (χ3n) is 4.14. The first-order valence-electron chi connectivity index (χ1n) is 8.13. The maximum absolute atomic E-state index is 11.7. The topological polar surface area (TPSA) is 70.4 Å². The van der Waals surface area contributed by atoms with Crippen molar-refractivity contribution < 1.29 is 0 Å². The minimum Gasteiger partial charge on any atom is -0.354 e. The average molecular weight is 329 g/mol. The first-order valence-corrected chi connectivity index (χ1v) is 8.13. The van der Waals surface area contributed by atoms with E-state index < -0.39 is 0 Å². The lowest BCUT2D eigenvalue weighted by Crippen LogP contribution is -2.48. The van der Waals surface area contributed by atoms with E-state index >= 15 is 0 Å². The summed E-state index contributed by atoms with van der Waals surface area (Å²) in [6.45, 7) is 5.18. The molecule has 24 heavy (non-hydrogen) atoms. The second-order valence-corrected chi connectivity index (χ2v) is 6.02. The molecule has 2 aromatic heterocycles. The maximum atomic E-state index is 11.7. The van der Waals surface area contributed by atoms with Crippen LogP contribution < -0.4 is 15.4 Å². The lowest BCUT2D eigenvalue weighted by Gasteiger charge is -2.35. The SMILES string of the molecule is CN(C)c1nccc(N2CCN(CCn3ncccc3=O)CC2)n1. The quantitative estimate of drug-likeness (QED) is 0.760. The Kier molecular flexibility index (Phi) is 5.05. The molecule has 3 heterocycles. The van der Waals surface area contributed by atoms with Crippen LogP contribution in [0.3, 0.4) is 0 Å². The molecular weight excluding hydrogens is 306 g/mol. The summed E-state index contributed by atoms with van der Waals surface area (Å²) in [5.74, 6) is 1.69. The lowest BCUT2D eigenvalue weighted by atomic mass is 10.3. The van der Waals surface area contributed by atoms with Crippen LogP contribution >= 0.6 is 0 Å². The molecule has 2 aromatic rings. The van der Waals surface area contributed by atoms with E-state index in [1.165, 1.54) is 4.68 Å². The molecule has 0 bridgehead atoms. The molecule has 1 saturated heterocycles. The summed E-state index contributed by atoms with van der Waals surface area (Å²) in [5, 5.41) is 4.10. The van der Waals surface area contributed by atoms with Crippen molar-refractivity contribution in [1.29, 1.82) is 0 Å². The lowest BCUT2D eigenvalue weighted by molar-refractivity contribution is 0.242. The Morgan fingerprint density at radius 1 is 1.08 bits per heavy atom. The summed E-state index contributed by atoms with van der Waals surface area (Å²) >= 11 is 0. The summed E-state index contributed by atoms with van der Waals surface area (Å²) in [4.78, 5) is 27.1. The zero-order chi connectivity index (χ0) is 16.9. The van der Waals surface area contributed by atoms with E-state index in [4.69, 9.17) is 0 Å². The van der Waals surface area contributed by atoms with Gasteiger partial charge in [-0.05, 0) is 12.1 Å². The molecule has 0 saturated carbocycles. The molecule has 128 valence electrons. The summed E-state index contributed by atoms with van der Waals surface area (Å²) in [5.41, 5.74) is -0.0478. The van der Waals surface area contributed by atoms with Crippen LogP contribution in [0.5, 0.6) is 0 Å². The van der Waals surface area contributed by atoms with Crippen LogP contribution in [0.15, 0.2) is 35.4 Å². The van der Waals surface area contributed by atoms with Gasteiger partial charge in [0.2, 0.25) is 5.95 Å². The van der Waals surface area contributed by atoms with Gasteiger partial charge in [0.25, 0.3) is 5.56 Å². The fourth-order valence-corrected chi connectivity index (χ4v) is 2.72. The summed E-state index contributed by atoms with van der Waals surface area (Å²) < 4.78 is 1.51. The standard InChI is InChI=1S/C16H23N7O/c1-20(2)16-17-7-5-14(19-16)22-11-8-21(9-12-22)10-13-23-15(24)4-3-6-18-23/h3-7H,8-13H2,1-2H3. The highest BCUT2D eigenvalue weighted by Gasteiger charge is 2.18. The number of rotatable bonds is 5. The van der Waals surface area contributed by atoms with Crippen molar-refractivity contribution in [1.82, 2.24) is 24.6 Å². The van der Waals surface area contributed by atoms with E-state index in [-0.39, 0.29) is 5.56 Å². The highest BCUT2D eigenvalue weighted by atomic mass is 16.1. The molecule has 1 fully saturated rings. The molecule has 0 unspecified atom stereocenters. The van der Waals surface area contributed by atoms with Gasteiger partial charge in [-0.2, -0.15) is 10.1 Å². The summed E-state index contributed by atoms with van der Waals surface area (Å²) in [6, 6.07) is 5.17. The zero-order valence-corrected chi connectivity index (χ0v) is 14.2. The smallest absolute Gasteiger partial charge is 0.266 e. The van der Waals surface area contributed by atoms with Gasteiger partial charge in [0.1, 0.15) is 5.82 Å². The Labute approximate surface area is 141 Å². The van der Waals surface area contributed by atoms with Crippen molar-refractivity contribution in [3.8, 4) is 0 Å². The van der Waals surface area contributed by atoms with Gasteiger partial charge in [-0.3, -0.25) is 9.69 Å². The van der Waals surface area contributed by atoms with Crippen molar-refractivity contribution in [3.05, 3.63) is 40.9 Å². The molecule has 0 aliphatic carbocycles. The fourth-order valence-electron chi connectivity index (χ4n) is 2.72. The van der Waals surface area contributed by atoms with Crippen LogP contribution in [0.25, 0.3) is 0 Å². The van der Waals surface area contributed by atoms with Gasteiger partial charge >= 0.3 is 0 Å². The molecule has 0 atom stereocenters. The number of aromatic nitrogens is 4. The molecule has 0 spiro atoms. The minimum absolute atomic E-state index is 0.0478. The van der Waals surface area contributed by atoms with E-state index in [0.29, 0.717) is 6.54 Å². The fraction of sp³-hybridized carbons (Fsp3) is 0.500. The van der Waals surface area contributed by atoms with Crippen LogP contribution in [-0.4, -0.2) is 71.5 Å². The molecule has 0 radical (unpaired) electrons. The molecule has 8 nitrogen and oxygen atoms in total. The van der Waals surface area contributed by atoms with E-state index in [9.17, 15) is 4.79 Å². The van der Waals surface area contributed by atoms with Gasteiger partial charge in [0.15, 0.2) is 0 Å². The number of hydrogen-bond donors (Lipinski definition) is 0. The largest absolute Gasteiger partial charge is 0.354 e. The molecular formula is C16H23N7O. The van der Waals surface area contributed by atoms with E-state index in [1.54, 1.807) is 24.5 Å². The molecule has 0 amide bonds. The van der Waals surface area contributed by atoms with Crippen LogP contribution in [0, 0.1) is 0 Å². The number of hydrogen-bond acceptors (Lipinski definition) is 7. The van der Waals surface area contributed by atoms with Crippen molar-refractivity contribution in [2.45, 2.75) is 6.54 Å². The molecule has 1 aliphatic heterocycles. The Morgan fingerprint density at radius 2 is 1.88 bits per heavy atom.